The van der Waals surface area contributed by atoms with Crippen molar-refractivity contribution in [3.8, 4) is 0 Å². The van der Waals surface area contributed by atoms with Crippen molar-refractivity contribution in [2.45, 2.75) is 105 Å². The summed E-state index contributed by atoms with van der Waals surface area (Å²) in [7, 11) is 0. The van der Waals surface area contributed by atoms with Crippen molar-refractivity contribution >= 4 is 0 Å². The summed E-state index contributed by atoms with van der Waals surface area (Å²) in [6, 6.07) is 0. The first-order valence-corrected chi connectivity index (χ1v) is 12.1. The third kappa shape index (κ3) is 2.93. The first-order chi connectivity index (χ1) is 12.4. The van der Waals surface area contributed by atoms with Gasteiger partial charge in [0.05, 0.1) is 0 Å². The molecule has 26 heavy (non-hydrogen) atoms. The zero-order valence-electron chi connectivity index (χ0n) is 18.3. The fraction of sp³-hybridized carbons (Fsp3) is 0.923. The topological polar surface area (TPSA) is 0 Å². The molecule has 0 heteroatoms. The summed E-state index contributed by atoms with van der Waals surface area (Å²) in [5.41, 5.74) is 3.09. The van der Waals surface area contributed by atoms with Gasteiger partial charge in [0, 0.05) is 0 Å². The van der Waals surface area contributed by atoms with E-state index in [4.69, 9.17) is 0 Å². The van der Waals surface area contributed by atoms with Crippen LogP contribution in [0, 0.1) is 46.3 Å². The molecular formula is C26H44. The van der Waals surface area contributed by atoms with Gasteiger partial charge in [0.1, 0.15) is 0 Å². The molecule has 3 saturated carbocycles. The third-order valence-corrected chi connectivity index (χ3v) is 9.98. The monoisotopic (exact) mass is 356 g/mol. The summed E-state index contributed by atoms with van der Waals surface area (Å²) < 4.78 is 0. The zero-order chi connectivity index (χ0) is 18.5. The smallest absolute Gasteiger partial charge is 0.00853 e. The maximum atomic E-state index is 2.74. The Kier molecular flexibility index (Phi) is 5.11. The van der Waals surface area contributed by atoms with Gasteiger partial charge in [-0.25, -0.2) is 0 Å². The number of fused-ring (bicyclic) bond motifs is 5. The van der Waals surface area contributed by atoms with E-state index in [0.717, 1.165) is 35.5 Å². The lowest BCUT2D eigenvalue weighted by Crippen LogP contribution is -2.50. The standard InChI is InChI=1S/C26H44/c1-18(2)9-10-19(3)22-13-14-23-21-12-11-20-8-6-7-16-25(20,4)24(21)15-17-26(22,23)5/h11,18-19,21-24H,6-10,12-17H2,1-5H3. The van der Waals surface area contributed by atoms with Crippen LogP contribution >= 0.6 is 0 Å². The van der Waals surface area contributed by atoms with Gasteiger partial charge in [-0.05, 0) is 97.7 Å². The van der Waals surface area contributed by atoms with Crippen molar-refractivity contribution in [2.75, 3.05) is 0 Å². The van der Waals surface area contributed by atoms with Crippen LogP contribution in [0.1, 0.15) is 105 Å². The van der Waals surface area contributed by atoms with E-state index in [1.807, 2.05) is 5.57 Å². The number of hydrogen-bond donors (Lipinski definition) is 0. The van der Waals surface area contributed by atoms with E-state index in [9.17, 15) is 0 Å². The summed E-state index contributed by atoms with van der Waals surface area (Å²) in [6.45, 7) is 12.8. The molecule has 0 amide bonds. The van der Waals surface area contributed by atoms with Gasteiger partial charge in [-0.2, -0.15) is 0 Å². The molecule has 0 saturated heterocycles. The first-order valence-electron chi connectivity index (χ1n) is 12.1. The SMILES string of the molecule is CC(C)CCC(C)C1CCC2C3CC=C4CCCCC4(C)C3CCC12C. The predicted molar refractivity (Wildman–Crippen MR) is 113 cm³/mol. The highest BCUT2D eigenvalue weighted by atomic mass is 14.6. The van der Waals surface area contributed by atoms with Crippen molar-refractivity contribution in [2.24, 2.45) is 46.3 Å². The van der Waals surface area contributed by atoms with E-state index in [-0.39, 0.29) is 0 Å². The van der Waals surface area contributed by atoms with Crippen LogP contribution in [0.3, 0.4) is 0 Å². The van der Waals surface area contributed by atoms with Crippen LogP contribution in [0.15, 0.2) is 11.6 Å². The first kappa shape index (κ1) is 19.1. The molecule has 7 atom stereocenters. The van der Waals surface area contributed by atoms with E-state index < -0.39 is 0 Å². The Morgan fingerprint density at radius 3 is 2.54 bits per heavy atom. The van der Waals surface area contributed by atoms with E-state index >= 15 is 0 Å². The molecule has 0 aromatic rings. The Morgan fingerprint density at radius 1 is 0.962 bits per heavy atom. The van der Waals surface area contributed by atoms with Crippen LogP contribution in [0.4, 0.5) is 0 Å². The predicted octanol–water partition coefficient (Wildman–Crippen LogP) is 8.03. The number of allylic oxidation sites excluding steroid dienone is 2. The molecule has 4 aliphatic carbocycles. The van der Waals surface area contributed by atoms with E-state index in [2.05, 4.69) is 40.7 Å². The molecule has 3 fully saturated rings. The molecule has 148 valence electrons. The maximum Gasteiger partial charge on any atom is -0.00853 e. The third-order valence-electron chi connectivity index (χ3n) is 9.98. The van der Waals surface area contributed by atoms with Crippen LogP contribution < -0.4 is 0 Å². The Labute approximate surface area is 163 Å². The van der Waals surface area contributed by atoms with Crippen LogP contribution in [-0.4, -0.2) is 0 Å². The van der Waals surface area contributed by atoms with Crippen molar-refractivity contribution in [1.29, 1.82) is 0 Å². The summed E-state index contributed by atoms with van der Waals surface area (Å²) in [4.78, 5) is 0. The van der Waals surface area contributed by atoms with Gasteiger partial charge in [0.25, 0.3) is 0 Å². The molecule has 0 bridgehead atoms. The minimum atomic E-state index is 0.573. The average molecular weight is 357 g/mol. The van der Waals surface area contributed by atoms with Gasteiger partial charge in [-0.1, -0.05) is 65.5 Å². The molecule has 0 spiro atoms. The quantitative estimate of drug-likeness (QED) is 0.447. The lowest BCUT2D eigenvalue weighted by Gasteiger charge is -2.58. The molecule has 4 rings (SSSR count). The van der Waals surface area contributed by atoms with Crippen molar-refractivity contribution in [1.82, 2.24) is 0 Å². The van der Waals surface area contributed by atoms with E-state index in [1.54, 1.807) is 0 Å². The Balaban J connectivity index is 1.54. The minimum Gasteiger partial charge on any atom is -0.0845 e. The molecule has 0 aromatic heterocycles. The number of rotatable bonds is 4. The van der Waals surface area contributed by atoms with Crippen LogP contribution in [0.25, 0.3) is 0 Å². The van der Waals surface area contributed by atoms with Gasteiger partial charge >= 0.3 is 0 Å². The van der Waals surface area contributed by atoms with Gasteiger partial charge in [0.2, 0.25) is 0 Å². The molecular weight excluding hydrogens is 312 g/mol. The normalized spacial score (nSPS) is 46.3. The molecule has 0 N–H and O–H groups in total. The molecule has 0 heterocycles. The van der Waals surface area contributed by atoms with Crippen LogP contribution in [0.5, 0.6) is 0 Å². The Bertz CT molecular complexity index is 542. The fourth-order valence-corrected chi connectivity index (χ4v) is 8.47. The highest BCUT2D eigenvalue weighted by molar-refractivity contribution is 5.24. The van der Waals surface area contributed by atoms with Crippen molar-refractivity contribution in [3.63, 3.8) is 0 Å². The second-order valence-electron chi connectivity index (χ2n) is 11.6. The second-order valence-corrected chi connectivity index (χ2v) is 11.6. The summed E-state index contributed by atoms with van der Waals surface area (Å²) >= 11 is 0. The zero-order valence-corrected chi connectivity index (χ0v) is 18.3. The van der Waals surface area contributed by atoms with Crippen molar-refractivity contribution < 1.29 is 0 Å². The van der Waals surface area contributed by atoms with Crippen LogP contribution in [-0.2, 0) is 0 Å². The fourth-order valence-electron chi connectivity index (χ4n) is 8.47. The Hall–Kier alpha value is -0.260. The molecule has 0 aliphatic heterocycles. The molecule has 0 aromatic carbocycles. The van der Waals surface area contributed by atoms with E-state index in [0.29, 0.717) is 10.8 Å². The Morgan fingerprint density at radius 2 is 1.77 bits per heavy atom. The van der Waals surface area contributed by atoms with Gasteiger partial charge in [-0.15, -0.1) is 0 Å². The summed E-state index contributed by atoms with van der Waals surface area (Å²) in [5, 5.41) is 0. The second kappa shape index (κ2) is 6.97. The maximum absolute atomic E-state index is 2.74. The van der Waals surface area contributed by atoms with Gasteiger partial charge < -0.3 is 0 Å². The average Bonchev–Trinajstić information content (AvgIpc) is 2.96. The highest BCUT2D eigenvalue weighted by Gasteiger charge is 2.58. The molecule has 0 radical (unpaired) electrons. The lowest BCUT2D eigenvalue weighted by molar-refractivity contribution is -0.0501. The van der Waals surface area contributed by atoms with E-state index in [1.165, 1.54) is 70.6 Å². The van der Waals surface area contributed by atoms with Crippen molar-refractivity contribution in [3.05, 3.63) is 11.6 Å². The lowest BCUT2D eigenvalue weighted by atomic mass is 9.47. The number of hydrogen-bond acceptors (Lipinski definition) is 0. The molecule has 0 nitrogen and oxygen atoms in total. The molecule has 7 unspecified atom stereocenters. The highest BCUT2D eigenvalue weighted by Crippen LogP contribution is 2.67. The van der Waals surface area contributed by atoms with Gasteiger partial charge in [0.15, 0.2) is 0 Å². The summed E-state index contributed by atoms with van der Waals surface area (Å²) in [5.74, 6) is 5.82. The summed E-state index contributed by atoms with van der Waals surface area (Å²) in [6.07, 6.45) is 19.0. The minimum absolute atomic E-state index is 0.573. The van der Waals surface area contributed by atoms with Crippen LogP contribution in [0.2, 0.25) is 0 Å². The molecule has 4 aliphatic rings. The van der Waals surface area contributed by atoms with Gasteiger partial charge in [-0.3, -0.25) is 0 Å². The largest absolute Gasteiger partial charge is 0.0845 e.